The number of carbonyl (C=O) groups excluding carboxylic acids is 1. The molecule has 4 heterocycles. The smallest absolute Gasteiger partial charge is 0.226 e. The molecule has 0 saturated carbocycles. The molecule has 0 aromatic carbocycles. The van der Waals surface area contributed by atoms with E-state index in [1.54, 1.807) is 0 Å². The fourth-order valence-corrected chi connectivity index (χ4v) is 5.47. The Morgan fingerprint density at radius 2 is 1.90 bits per heavy atom. The van der Waals surface area contributed by atoms with Gasteiger partial charge < -0.3 is 9.64 Å². The van der Waals surface area contributed by atoms with Crippen molar-refractivity contribution in [3.8, 4) is 0 Å². The summed E-state index contributed by atoms with van der Waals surface area (Å²) >= 11 is 0. The van der Waals surface area contributed by atoms with Gasteiger partial charge in [-0.3, -0.25) is 19.6 Å². The van der Waals surface area contributed by atoms with Crippen molar-refractivity contribution in [2.75, 3.05) is 45.9 Å². The maximum Gasteiger partial charge on any atom is 0.226 e. The molecule has 3 aliphatic rings. The van der Waals surface area contributed by atoms with Crippen molar-refractivity contribution in [1.29, 1.82) is 0 Å². The maximum atomic E-state index is 13.1. The lowest BCUT2D eigenvalue weighted by Gasteiger charge is -2.43. The number of rotatable bonds is 6. The number of likely N-dealkylation sites (tertiary alicyclic amines) is 3. The van der Waals surface area contributed by atoms with Crippen molar-refractivity contribution < 1.29 is 9.53 Å². The molecular formula is C24H38N4O2. The monoisotopic (exact) mass is 414 g/mol. The summed E-state index contributed by atoms with van der Waals surface area (Å²) in [5, 5.41) is 0. The second-order valence-corrected chi connectivity index (χ2v) is 9.18. The van der Waals surface area contributed by atoms with Crippen LogP contribution in [0.25, 0.3) is 0 Å². The van der Waals surface area contributed by atoms with Crippen LogP contribution in [0.4, 0.5) is 0 Å². The van der Waals surface area contributed by atoms with E-state index in [0.29, 0.717) is 18.1 Å². The molecule has 1 aromatic heterocycles. The Kier molecular flexibility index (Phi) is 7.74. The van der Waals surface area contributed by atoms with Crippen LogP contribution in [0.5, 0.6) is 0 Å². The lowest BCUT2D eigenvalue weighted by atomic mass is 9.92. The van der Waals surface area contributed by atoms with Gasteiger partial charge in [0.25, 0.3) is 0 Å². The van der Waals surface area contributed by atoms with Gasteiger partial charge in [-0.1, -0.05) is 6.07 Å². The van der Waals surface area contributed by atoms with Crippen LogP contribution in [-0.2, 0) is 16.1 Å². The van der Waals surface area contributed by atoms with E-state index in [0.717, 1.165) is 78.1 Å². The van der Waals surface area contributed by atoms with Gasteiger partial charge in [-0.05, 0) is 76.7 Å². The van der Waals surface area contributed by atoms with Crippen molar-refractivity contribution in [3.63, 3.8) is 0 Å². The molecule has 166 valence electrons. The predicted molar refractivity (Wildman–Crippen MR) is 118 cm³/mol. The van der Waals surface area contributed by atoms with Crippen LogP contribution < -0.4 is 0 Å². The molecule has 0 radical (unpaired) electrons. The van der Waals surface area contributed by atoms with E-state index in [-0.39, 0.29) is 5.92 Å². The highest BCUT2D eigenvalue weighted by Crippen LogP contribution is 2.26. The molecule has 0 spiro atoms. The highest BCUT2D eigenvalue weighted by molar-refractivity contribution is 5.79. The molecule has 0 N–H and O–H groups in total. The van der Waals surface area contributed by atoms with Gasteiger partial charge in [0, 0.05) is 51.2 Å². The molecule has 1 amide bonds. The van der Waals surface area contributed by atoms with Crippen LogP contribution in [0.1, 0.15) is 51.0 Å². The Balaban J connectivity index is 1.23. The molecule has 6 heteroatoms. The van der Waals surface area contributed by atoms with E-state index in [1.165, 1.54) is 18.4 Å². The first-order valence-corrected chi connectivity index (χ1v) is 12.0. The van der Waals surface area contributed by atoms with Gasteiger partial charge in [0.05, 0.1) is 12.0 Å². The molecule has 30 heavy (non-hydrogen) atoms. The number of hydrogen-bond donors (Lipinski definition) is 0. The Morgan fingerprint density at radius 1 is 1.10 bits per heavy atom. The third-order valence-electron chi connectivity index (χ3n) is 7.16. The molecule has 4 rings (SSSR count). The Hall–Kier alpha value is -1.50. The van der Waals surface area contributed by atoms with E-state index in [2.05, 4.69) is 32.7 Å². The van der Waals surface area contributed by atoms with Crippen LogP contribution in [0.3, 0.4) is 0 Å². The number of amides is 1. The largest absolute Gasteiger partial charge is 0.378 e. The van der Waals surface area contributed by atoms with Crippen LogP contribution >= 0.6 is 0 Å². The molecule has 0 aliphatic carbocycles. The molecule has 1 atom stereocenters. The molecule has 3 saturated heterocycles. The van der Waals surface area contributed by atoms with Gasteiger partial charge >= 0.3 is 0 Å². The fourth-order valence-electron chi connectivity index (χ4n) is 5.47. The third kappa shape index (κ3) is 5.59. The number of piperidine rings is 3. The zero-order valence-corrected chi connectivity index (χ0v) is 18.5. The van der Waals surface area contributed by atoms with Crippen molar-refractivity contribution in [2.45, 2.75) is 64.1 Å². The van der Waals surface area contributed by atoms with Gasteiger partial charge in [0.2, 0.25) is 5.91 Å². The first-order valence-electron chi connectivity index (χ1n) is 12.0. The number of ether oxygens (including phenoxy) is 1. The summed E-state index contributed by atoms with van der Waals surface area (Å²) in [4.78, 5) is 24.7. The molecule has 6 nitrogen and oxygen atoms in total. The van der Waals surface area contributed by atoms with Crippen LogP contribution in [0.15, 0.2) is 24.5 Å². The standard InChI is InChI=1S/C24H38N4O2/c1-2-30-23-9-15-27(16-10-23)24(29)21-6-4-12-28(19-21)22-7-13-26(14-8-22)18-20-5-3-11-25-17-20/h3,5,11,17,21-23H,2,4,6-10,12-16,18-19H2,1H3/t21-/m0/s1. The van der Waals surface area contributed by atoms with Crippen LogP contribution in [-0.4, -0.2) is 83.6 Å². The quantitative estimate of drug-likeness (QED) is 0.716. The first-order chi connectivity index (χ1) is 14.7. The number of carbonyl (C=O) groups is 1. The lowest BCUT2D eigenvalue weighted by molar-refractivity contribution is -0.140. The minimum absolute atomic E-state index is 0.191. The van der Waals surface area contributed by atoms with E-state index in [9.17, 15) is 4.79 Å². The summed E-state index contributed by atoms with van der Waals surface area (Å²) < 4.78 is 5.75. The first kappa shape index (κ1) is 21.7. The third-order valence-corrected chi connectivity index (χ3v) is 7.16. The molecule has 0 bridgehead atoms. The minimum Gasteiger partial charge on any atom is -0.378 e. The van der Waals surface area contributed by atoms with E-state index >= 15 is 0 Å². The molecule has 3 fully saturated rings. The van der Waals surface area contributed by atoms with Crippen LogP contribution in [0, 0.1) is 5.92 Å². The SMILES string of the molecule is CCOC1CCN(C(=O)[C@H]2CCCN(C3CCN(Cc4cccnc4)CC3)C2)CC1. The summed E-state index contributed by atoms with van der Waals surface area (Å²) in [7, 11) is 0. The second-order valence-electron chi connectivity index (χ2n) is 9.18. The summed E-state index contributed by atoms with van der Waals surface area (Å²) in [6.45, 7) is 9.95. The molecule has 3 aliphatic heterocycles. The number of hydrogen-bond acceptors (Lipinski definition) is 5. The number of aromatic nitrogens is 1. The van der Waals surface area contributed by atoms with E-state index in [4.69, 9.17) is 4.74 Å². The normalized spacial score (nSPS) is 25.5. The van der Waals surface area contributed by atoms with Gasteiger partial charge in [-0.25, -0.2) is 0 Å². The molecule has 1 aromatic rings. The van der Waals surface area contributed by atoms with Gasteiger partial charge in [-0.2, -0.15) is 0 Å². The summed E-state index contributed by atoms with van der Waals surface area (Å²) in [5.74, 6) is 0.583. The number of pyridine rings is 1. The second kappa shape index (κ2) is 10.7. The Bertz CT molecular complexity index is 654. The van der Waals surface area contributed by atoms with Crippen LogP contribution in [0.2, 0.25) is 0 Å². The summed E-state index contributed by atoms with van der Waals surface area (Å²) in [6.07, 6.45) is 10.8. The molecule has 0 unspecified atom stereocenters. The zero-order valence-electron chi connectivity index (χ0n) is 18.5. The molecular weight excluding hydrogens is 376 g/mol. The Labute approximate surface area is 181 Å². The van der Waals surface area contributed by atoms with E-state index in [1.807, 2.05) is 18.5 Å². The highest BCUT2D eigenvalue weighted by Gasteiger charge is 2.34. The van der Waals surface area contributed by atoms with Gasteiger partial charge in [-0.15, -0.1) is 0 Å². The average Bonchev–Trinajstić information content (AvgIpc) is 2.81. The predicted octanol–water partition coefficient (Wildman–Crippen LogP) is 2.79. The van der Waals surface area contributed by atoms with Crippen molar-refractivity contribution >= 4 is 5.91 Å². The van der Waals surface area contributed by atoms with Crippen molar-refractivity contribution in [2.24, 2.45) is 5.92 Å². The Morgan fingerprint density at radius 3 is 2.60 bits per heavy atom. The number of nitrogens with zero attached hydrogens (tertiary/aromatic N) is 4. The maximum absolute atomic E-state index is 13.1. The highest BCUT2D eigenvalue weighted by atomic mass is 16.5. The topological polar surface area (TPSA) is 48.9 Å². The lowest BCUT2D eigenvalue weighted by Crippen LogP contribution is -2.52. The van der Waals surface area contributed by atoms with E-state index < -0.39 is 0 Å². The average molecular weight is 415 g/mol. The summed E-state index contributed by atoms with van der Waals surface area (Å²) in [6, 6.07) is 4.82. The summed E-state index contributed by atoms with van der Waals surface area (Å²) in [5.41, 5.74) is 1.30. The van der Waals surface area contributed by atoms with Crippen molar-refractivity contribution in [1.82, 2.24) is 19.7 Å². The zero-order chi connectivity index (χ0) is 20.8. The van der Waals surface area contributed by atoms with Gasteiger partial charge in [0.1, 0.15) is 0 Å². The van der Waals surface area contributed by atoms with Crippen molar-refractivity contribution in [3.05, 3.63) is 30.1 Å². The fraction of sp³-hybridized carbons (Fsp3) is 0.750. The van der Waals surface area contributed by atoms with Gasteiger partial charge in [0.15, 0.2) is 0 Å². The minimum atomic E-state index is 0.191.